The van der Waals surface area contributed by atoms with E-state index < -0.39 is 10.8 Å². The van der Waals surface area contributed by atoms with Gasteiger partial charge in [-0.2, -0.15) is 0 Å². The smallest absolute Gasteiger partial charge is 0.285 e. The molecule has 6 heteroatoms. The van der Waals surface area contributed by atoms with Crippen LogP contribution in [0.25, 0.3) is 16.5 Å². The van der Waals surface area contributed by atoms with E-state index in [0.717, 1.165) is 10.8 Å². The highest BCUT2D eigenvalue weighted by Crippen LogP contribution is 2.42. The standard InChI is InChI=1S/C27H20N2O4/c1-17-23(27(30)21-14-7-12-18-9-5-6-13-20(18)21)24(22-15-8-16-33-22)26(29(31)32)25(28-17)19-10-3-2-4-11-19/h2-16,24,28H,1H3. The Kier molecular flexibility index (Phi) is 5.11. The van der Waals surface area contributed by atoms with E-state index in [2.05, 4.69) is 5.32 Å². The Morgan fingerprint density at radius 2 is 1.67 bits per heavy atom. The quantitative estimate of drug-likeness (QED) is 0.238. The van der Waals surface area contributed by atoms with Gasteiger partial charge in [-0.05, 0) is 29.8 Å². The first kappa shape index (κ1) is 20.5. The van der Waals surface area contributed by atoms with Gasteiger partial charge in [-0.3, -0.25) is 14.9 Å². The van der Waals surface area contributed by atoms with Crippen LogP contribution in [-0.4, -0.2) is 10.7 Å². The summed E-state index contributed by atoms with van der Waals surface area (Å²) in [7, 11) is 0. The van der Waals surface area contributed by atoms with Crippen molar-refractivity contribution in [3.05, 3.63) is 135 Å². The molecular formula is C27H20N2O4. The number of carbonyl (C=O) groups excluding carboxylic acids is 1. The van der Waals surface area contributed by atoms with E-state index >= 15 is 0 Å². The Bertz CT molecular complexity index is 1430. The topological polar surface area (TPSA) is 85.4 Å². The van der Waals surface area contributed by atoms with Crippen LogP contribution in [-0.2, 0) is 0 Å². The van der Waals surface area contributed by atoms with Crippen LogP contribution >= 0.6 is 0 Å². The Hall–Kier alpha value is -4.45. The number of furan rings is 1. The maximum atomic E-state index is 14.0. The average molecular weight is 436 g/mol. The predicted octanol–water partition coefficient (Wildman–Crippen LogP) is 5.92. The maximum Gasteiger partial charge on any atom is 0.285 e. The first-order valence-corrected chi connectivity index (χ1v) is 10.5. The van der Waals surface area contributed by atoms with Crippen LogP contribution in [0.3, 0.4) is 0 Å². The summed E-state index contributed by atoms with van der Waals surface area (Å²) in [6.45, 7) is 1.77. The maximum absolute atomic E-state index is 14.0. The number of fused-ring (bicyclic) bond motifs is 1. The number of benzene rings is 3. The summed E-state index contributed by atoms with van der Waals surface area (Å²) >= 11 is 0. The zero-order chi connectivity index (χ0) is 22.9. The minimum atomic E-state index is -0.960. The normalized spacial score (nSPS) is 16.1. The van der Waals surface area contributed by atoms with Gasteiger partial charge in [0.1, 0.15) is 17.4 Å². The zero-order valence-corrected chi connectivity index (χ0v) is 17.8. The highest BCUT2D eigenvalue weighted by atomic mass is 16.6. The molecule has 33 heavy (non-hydrogen) atoms. The first-order chi connectivity index (χ1) is 16.1. The molecule has 0 amide bonds. The summed E-state index contributed by atoms with van der Waals surface area (Å²) in [6.07, 6.45) is 1.46. The average Bonchev–Trinajstić information content (AvgIpc) is 3.37. The molecule has 5 rings (SSSR count). The van der Waals surface area contributed by atoms with E-state index in [1.54, 1.807) is 37.3 Å². The number of rotatable bonds is 5. The monoisotopic (exact) mass is 436 g/mol. The predicted molar refractivity (Wildman–Crippen MR) is 126 cm³/mol. The van der Waals surface area contributed by atoms with Crippen LogP contribution in [0.5, 0.6) is 0 Å². The molecular weight excluding hydrogens is 416 g/mol. The van der Waals surface area contributed by atoms with E-state index in [1.165, 1.54) is 6.26 Å². The molecule has 3 aromatic carbocycles. The molecule has 1 aromatic heterocycles. The number of nitro groups is 1. The lowest BCUT2D eigenvalue weighted by molar-refractivity contribution is -0.428. The van der Waals surface area contributed by atoms with Crippen LogP contribution in [0.4, 0.5) is 0 Å². The number of hydrogen-bond donors (Lipinski definition) is 1. The molecule has 1 N–H and O–H groups in total. The van der Waals surface area contributed by atoms with Gasteiger partial charge < -0.3 is 9.73 Å². The van der Waals surface area contributed by atoms with Crippen molar-refractivity contribution in [1.82, 2.24) is 5.32 Å². The lowest BCUT2D eigenvalue weighted by Crippen LogP contribution is -2.31. The van der Waals surface area contributed by atoms with Crippen molar-refractivity contribution in [2.24, 2.45) is 0 Å². The Balaban J connectivity index is 1.74. The highest BCUT2D eigenvalue weighted by Gasteiger charge is 2.43. The lowest BCUT2D eigenvalue weighted by atomic mass is 9.81. The summed E-state index contributed by atoms with van der Waals surface area (Å²) in [5, 5.41) is 17.3. The second-order valence-corrected chi connectivity index (χ2v) is 7.85. The first-order valence-electron chi connectivity index (χ1n) is 10.5. The van der Waals surface area contributed by atoms with Gasteiger partial charge in [-0.1, -0.05) is 72.8 Å². The molecule has 1 aliphatic rings. The molecule has 2 heterocycles. The second-order valence-electron chi connectivity index (χ2n) is 7.85. The van der Waals surface area contributed by atoms with Crippen LogP contribution in [0.2, 0.25) is 0 Å². The fraction of sp³-hybridized carbons (Fsp3) is 0.0741. The van der Waals surface area contributed by atoms with Crippen molar-refractivity contribution < 1.29 is 14.1 Å². The van der Waals surface area contributed by atoms with Crippen molar-refractivity contribution >= 4 is 22.3 Å². The third kappa shape index (κ3) is 3.51. The molecule has 0 saturated carbocycles. The van der Waals surface area contributed by atoms with Crippen LogP contribution in [0, 0.1) is 10.1 Å². The van der Waals surface area contributed by atoms with Gasteiger partial charge in [0.2, 0.25) is 0 Å². The molecule has 162 valence electrons. The number of nitrogens with zero attached hydrogens (tertiary/aromatic N) is 1. The number of dihydropyridines is 1. The highest BCUT2D eigenvalue weighted by molar-refractivity contribution is 6.17. The number of nitrogens with one attached hydrogen (secondary N) is 1. The van der Waals surface area contributed by atoms with E-state index in [9.17, 15) is 14.9 Å². The van der Waals surface area contributed by atoms with Crippen molar-refractivity contribution in [3.63, 3.8) is 0 Å². The molecule has 0 bridgehead atoms. The third-order valence-electron chi connectivity index (χ3n) is 5.90. The minimum absolute atomic E-state index is 0.120. The van der Waals surface area contributed by atoms with E-state index in [-0.39, 0.29) is 11.5 Å². The Morgan fingerprint density at radius 1 is 0.939 bits per heavy atom. The van der Waals surface area contributed by atoms with Crippen molar-refractivity contribution in [3.8, 4) is 0 Å². The molecule has 0 saturated heterocycles. The number of Topliss-reactive ketones (excluding diaryl/α,β-unsaturated/α-hetero) is 1. The lowest BCUT2D eigenvalue weighted by Gasteiger charge is -2.27. The SMILES string of the molecule is CC1=C(C(=O)c2cccc3ccccc23)C(c2ccco2)C([N+](=O)[O-])=C(c2ccccc2)N1. The van der Waals surface area contributed by atoms with Gasteiger partial charge in [0.05, 0.1) is 11.2 Å². The summed E-state index contributed by atoms with van der Waals surface area (Å²) in [6, 6.07) is 25.6. The van der Waals surface area contributed by atoms with E-state index in [4.69, 9.17) is 4.42 Å². The molecule has 6 nitrogen and oxygen atoms in total. The largest absolute Gasteiger partial charge is 0.468 e. The van der Waals surface area contributed by atoms with Gasteiger partial charge in [-0.15, -0.1) is 0 Å². The zero-order valence-electron chi connectivity index (χ0n) is 17.8. The van der Waals surface area contributed by atoms with Gasteiger partial charge in [0.15, 0.2) is 5.78 Å². The second kappa shape index (κ2) is 8.24. The molecule has 1 aliphatic heterocycles. The molecule has 0 fully saturated rings. The molecule has 0 aliphatic carbocycles. The number of carbonyl (C=O) groups is 1. The molecule has 1 atom stereocenters. The minimum Gasteiger partial charge on any atom is -0.468 e. The van der Waals surface area contributed by atoms with Crippen molar-refractivity contribution in [2.45, 2.75) is 12.8 Å². The van der Waals surface area contributed by atoms with Crippen LogP contribution in [0.15, 0.2) is 113 Å². The number of allylic oxidation sites excluding steroid dienone is 2. The number of hydrogen-bond acceptors (Lipinski definition) is 5. The van der Waals surface area contributed by atoms with Gasteiger partial charge in [0, 0.05) is 22.4 Å². The molecule has 4 aromatic rings. The summed E-state index contributed by atoms with van der Waals surface area (Å²) in [4.78, 5) is 25.9. The third-order valence-corrected chi connectivity index (χ3v) is 5.90. The van der Waals surface area contributed by atoms with E-state index in [1.807, 2.05) is 54.6 Å². The van der Waals surface area contributed by atoms with Gasteiger partial charge in [-0.25, -0.2) is 0 Å². The number of ketones is 1. The fourth-order valence-corrected chi connectivity index (χ4v) is 4.44. The van der Waals surface area contributed by atoms with Gasteiger partial charge in [0.25, 0.3) is 5.70 Å². The molecule has 0 spiro atoms. The molecule has 1 unspecified atom stereocenters. The van der Waals surface area contributed by atoms with Crippen LogP contribution in [0.1, 0.15) is 34.5 Å². The summed E-state index contributed by atoms with van der Waals surface area (Å²) in [5.41, 5.74) is 2.24. The van der Waals surface area contributed by atoms with Crippen molar-refractivity contribution in [1.29, 1.82) is 0 Å². The Morgan fingerprint density at radius 3 is 2.39 bits per heavy atom. The van der Waals surface area contributed by atoms with Gasteiger partial charge >= 0.3 is 0 Å². The summed E-state index contributed by atoms with van der Waals surface area (Å²) < 4.78 is 5.64. The van der Waals surface area contributed by atoms with Crippen LogP contribution < -0.4 is 5.32 Å². The summed E-state index contributed by atoms with van der Waals surface area (Å²) in [5.74, 6) is -0.887. The van der Waals surface area contributed by atoms with Crippen molar-refractivity contribution in [2.75, 3.05) is 0 Å². The Labute approximate surface area is 190 Å². The molecule has 0 radical (unpaired) electrons. The van der Waals surface area contributed by atoms with E-state index in [0.29, 0.717) is 33.9 Å². The fourth-order valence-electron chi connectivity index (χ4n) is 4.44.